The number of fused-ring (bicyclic) bond motifs is 3. The molecule has 2 N–H and O–H groups in total. The molecule has 2 aromatic carbocycles. The van der Waals surface area contributed by atoms with Gasteiger partial charge in [0.15, 0.2) is 0 Å². The molecule has 4 heteroatoms. The third kappa shape index (κ3) is 2.44. The largest absolute Gasteiger partial charge is 0.384 e. The molecule has 0 saturated heterocycles. The van der Waals surface area contributed by atoms with E-state index in [1.54, 1.807) is 10.9 Å². The first-order valence-electron chi connectivity index (χ1n) is 8.19. The van der Waals surface area contributed by atoms with Gasteiger partial charge < -0.3 is 10.4 Å². The highest BCUT2D eigenvalue weighted by Crippen LogP contribution is 2.43. The van der Waals surface area contributed by atoms with E-state index < -0.39 is 5.60 Å². The van der Waals surface area contributed by atoms with Gasteiger partial charge in [0.05, 0.1) is 12.2 Å². The van der Waals surface area contributed by atoms with Crippen LogP contribution in [-0.2, 0) is 12.6 Å². The topological polar surface area (TPSA) is 50.1 Å². The predicted octanol–water partition coefficient (Wildman–Crippen LogP) is 2.99. The summed E-state index contributed by atoms with van der Waals surface area (Å²) in [4.78, 5) is 0. The first-order valence-corrected chi connectivity index (χ1v) is 8.19. The van der Waals surface area contributed by atoms with Crippen LogP contribution in [0.15, 0.2) is 60.9 Å². The molecule has 4 nitrogen and oxygen atoms in total. The molecule has 1 atom stereocenters. The van der Waals surface area contributed by atoms with Crippen LogP contribution in [0.3, 0.4) is 0 Å². The van der Waals surface area contributed by atoms with Crippen molar-refractivity contribution in [3.8, 4) is 11.1 Å². The van der Waals surface area contributed by atoms with Crippen molar-refractivity contribution < 1.29 is 5.11 Å². The third-order valence-corrected chi connectivity index (χ3v) is 4.81. The van der Waals surface area contributed by atoms with Crippen LogP contribution in [0.1, 0.15) is 29.7 Å². The zero-order valence-electron chi connectivity index (χ0n) is 13.9. The highest BCUT2D eigenvalue weighted by atomic mass is 16.3. The van der Waals surface area contributed by atoms with Gasteiger partial charge in [-0.05, 0) is 29.2 Å². The fourth-order valence-electron chi connectivity index (χ4n) is 3.48. The number of nitrogens with one attached hydrogen (secondary N) is 1. The maximum absolute atomic E-state index is 10.8. The molecule has 0 bridgehead atoms. The summed E-state index contributed by atoms with van der Waals surface area (Å²) >= 11 is 0. The average molecular weight is 319 g/mol. The van der Waals surface area contributed by atoms with Gasteiger partial charge in [0, 0.05) is 25.4 Å². The monoisotopic (exact) mass is 319 g/mol. The molecular formula is C20H21N3O. The van der Waals surface area contributed by atoms with Gasteiger partial charge >= 0.3 is 0 Å². The number of aryl methyl sites for hydroxylation is 1. The van der Waals surface area contributed by atoms with Crippen molar-refractivity contribution in [3.05, 3.63) is 77.6 Å². The average Bonchev–Trinajstić information content (AvgIpc) is 3.16. The second-order valence-electron chi connectivity index (χ2n) is 6.66. The molecule has 0 aliphatic heterocycles. The summed E-state index contributed by atoms with van der Waals surface area (Å²) in [6, 6.07) is 17.0. The van der Waals surface area contributed by atoms with E-state index in [9.17, 15) is 5.11 Å². The van der Waals surface area contributed by atoms with Crippen molar-refractivity contribution in [2.45, 2.75) is 18.6 Å². The Labute approximate surface area is 141 Å². The van der Waals surface area contributed by atoms with E-state index in [0.29, 0.717) is 6.54 Å². The molecule has 24 heavy (non-hydrogen) atoms. The summed E-state index contributed by atoms with van der Waals surface area (Å²) < 4.78 is 1.71. The lowest BCUT2D eigenvalue weighted by Gasteiger charge is -2.25. The molecule has 3 aromatic rings. The summed E-state index contributed by atoms with van der Waals surface area (Å²) in [6.45, 7) is 2.27. The van der Waals surface area contributed by atoms with Crippen molar-refractivity contribution in [1.82, 2.24) is 15.1 Å². The van der Waals surface area contributed by atoms with E-state index >= 15 is 0 Å². The lowest BCUT2D eigenvalue weighted by Crippen LogP contribution is -2.37. The Balaban J connectivity index is 1.63. The van der Waals surface area contributed by atoms with E-state index in [1.165, 1.54) is 22.3 Å². The second-order valence-corrected chi connectivity index (χ2v) is 6.66. The maximum atomic E-state index is 10.8. The molecule has 1 aromatic heterocycles. The van der Waals surface area contributed by atoms with E-state index in [2.05, 4.69) is 58.9 Å². The Hall–Kier alpha value is -2.43. The van der Waals surface area contributed by atoms with Crippen LogP contribution in [0.5, 0.6) is 0 Å². The fraction of sp³-hybridized carbons (Fsp3) is 0.250. The smallest absolute Gasteiger partial charge is 0.102 e. The van der Waals surface area contributed by atoms with Gasteiger partial charge in [-0.2, -0.15) is 5.10 Å². The second kappa shape index (κ2) is 5.58. The molecule has 1 unspecified atom stereocenters. The number of benzene rings is 2. The van der Waals surface area contributed by atoms with E-state index in [4.69, 9.17) is 0 Å². The predicted molar refractivity (Wildman–Crippen MR) is 94.5 cm³/mol. The van der Waals surface area contributed by atoms with Crippen LogP contribution in [-0.4, -0.2) is 21.4 Å². The van der Waals surface area contributed by atoms with Crippen LogP contribution in [0.25, 0.3) is 11.1 Å². The van der Waals surface area contributed by atoms with Crippen LogP contribution >= 0.6 is 0 Å². The normalized spacial score (nSPS) is 15.8. The number of nitrogens with zero attached hydrogens (tertiary/aromatic N) is 2. The first-order chi connectivity index (χ1) is 11.6. The zero-order chi connectivity index (χ0) is 16.7. The summed E-state index contributed by atoms with van der Waals surface area (Å²) in [5, 5.41) is 18.6. The van der Waals surface area contributed by atoms with E-state index in [-0.39, 0.29) is 6.04 Å². The molecule has 0 fully saturated rings. The molecule has 0 radical (unpaired) electrons. The van der Waals surface area contributed by atoms with E-state index in [1.807, 2.05) is 20.2 Å². The molecule has 122 valence electrons. The van der Waals surface area contributed by atoms with Gasteiger partial charge in [-0.1, -0.05) is 48.5 Å². The summed E-state index contributed by atoms with van der Waals surface area (Å²) in [5.41, 5.74) is 4.91. The Morgan fingerprint density at radius 3 is 2.21 bits per heavy atom. The van der Waals surface area contributed by atoms with Gasteiger partial charge in [0.2, 0.25) is 0 Å². The molecule has 1 heterocycles. The van der Waals surface area contributed by atoms with Crippen molar-refractivity contribution in [1.29, 1.82) is 0 Å². The zero-order valence-corrected chi connectivity index (χ0v) is 13.9. The van der Waals surface area contributed by atoms with Crippen molar-refractivity contribution in [3.63, 3.8) is 0 Å². The highest BCUT2D eigenvalue weighted by Gasteiger charge is 2.31. The molecule has 0 amide bonds. The van der Waals surface area contributed by atoms with Gasteiger partial charge in [0.1, 0.15) is 5.60 Å². The summed E-state index contributed by atoms with van der Waals surface area (Å²) in [5.74, 6) is 0. The standard InChI is InChI=1S/C20H21N3O/c1-20(24,14-11-22-23(2)12-14)13-21-19-17-9-5-3-7-15(17)16-8-4-6-10-18(16)19/h3-12,19,21,24H,13H2,1-2H3. The van der Waals surface area contributed by atoms with Gasteiger partial charge in [0.25, 0.3) is 0 Å². The van der Waals surface area contributed by atoms with Crippen LogP contribution in [0, 0.1) is 0 Å². The molecule has 0 spiro atoms. The number of aliphatic hydroxyl groups is 1. The maximum Gasteiger partial charge on any atom is 0.102 e. The summed E-state index contributed by atoms with van der Waals surface area (Å²) in [7, 11) is 1.86. The number of rotatable bonds is 4. The highest BCUT2D eigenvalue weighted by molar-refractivity contribution is 5.78. The Morgan fingerprint density at radius 1 is 1.08 bits per heavy atom. The third-order valence-electron chi connectivity index (χ3n) is 4.81. The van der Waals surface area contributed by atoms with Gasteiger partial charge in [-0.15, -0.1) is 0 Å². The molecule has 1 aliphatic rings. The minimum absolute atomic E-state index is 0.0977. The quantitative estimate of drug-likeness (QED) is 0.777. The molecule has 0 saturated carbocycles. The minimum atomic E-state index is -0.971. The fourth-order valence-corrected chi connectivity index (χ4v) is 3.48. The van der Waals surface area contributed by atoms with Crippen molar-refractivity contribution >= 4 is 0 Å². The van der Waals surface area contributed by atoms with Crippen molar-refractivity contribution in [2.24, 2.45) is 7.05 Å². The van der Waals surface area contributed by atoms with E-state index in [0.717, 1.165) is 5.56 Å². The van der Waals surface area contributed by atoms with Gasteiger partial charge in [-0.3, -0.25) is 4.68 Å². The van der Waals surface area contributed by atoms with Gasteiger partial charge in [-0.25, -0.2) is 0 Å². The Bertz CT molecular complexity index is 836. The molecule has 4 rings (SSSR count). The molecular weight excluding hydrogens is 298 g/mol. The Morgan fingerprint density at radius 2 is 1.67 bits per heavy atom. The lowest BCUT2D eigenvalue weighted by molar-refractivity contribution is 0.0551. The number of hydrogen-bond acceptors (Lipinski definition) is 3. The molecule has 1 aliphatic carbocycles. The SMILES string of the molecule is Cn1cc(C(C)(O)CNC2c3ccccc3-c3ccccc32)cn1. The first kappa shape index (κ1) is 15.1. The minimum Gasteiger partial charge on any atom is -0.384 e. The number of aromatic nitrogens is 2. The van der Waals surface area contributed by atoms with Crippen molar-refractivity contribution in [2.75, 3.05) is 6.54 Å². The number of hydrogen-bond donors (Lipinski definition) is 2. The van der Waals surface area contributed by atoms with Crippen LogP contribution < -0.4 is 5.32 Å². The lowest BCUT2D eigenvalue weighted by atomic mass is 9.98. The summed E-state index contributed by atoms with van der Waals surface area (Å²) in [6.07, 6.45) is 3.58. The van der Waals surface area contributed by atoms with Crippen LogP contribution in [0.4, 0.5) is 0 Å². The van der Waals surface area contributed by atoms with Crippen LogP contribution in [0.2, 0.25) is 0 Å². The Kier molecular flexibility index (Phi) is 3.52.